The van der Waals surface area contributed by atoms with Crippen molar-refractivity contribution >= 4 is 65.8 Å². The number of primary amides is 1. The molecule has 1 aromatic carbocycles. The summed E-state index contributed by atoms with van der Waals surface area (Å²) >= 11 is 1.51. The van der Waals surface area contributed by atoms with Gasteiger partial charge in [-0.15, -0.1) is 0 Å². The molecule has 380 valence electrons. The van der Waals surface area contributed by atoms with Gasteiger partial charge in [-0.25, -0.2) is 14.5 Å². The average molecular weight is 1000 g/mol. The lowest BCUT2D eigenvalue weighted by atomic mass is 10.0. The summed E-state index contributed by atoms with van der Waals surface area (Å²) in [6, 6.07) is 3.28. The quantitative estimate of drug-likeness (QED) is 0.0209. The van der Waals surface area contributed by atoms with Crippen molar-refractivity contribution in [1.82, 2.24) is 40.7 Å². The van der Waals surface area contributed by atoms with Gasteiger partial charge in [0.25, 0.3) is 0 Å². The molecule has 1 aliphatic rings. The molecule has 0 unspecified atom stereocenters. The van der Waals surface area contributed by atoms with Crippen LogP contribution >= 0.6 is 19.2 Å². The van der Waals surface area contributed by atoms with E-state index in [1.54, 1.807) is 18.7 Å². The summed E-state index contributed by atoms with van der Waals surface area (Å²) in [5.41, 5.74) is 7.08. The van der Waals surface area contributed by atoms with Gasteiger partial charge in [0.2, 0.25) is 35.4 Å². The van der Waals surface area contributed by atoms with Crippen molar-refractivity contribution in [3.8, 4) is 0 Å². The molecule has 1 saturated heterocycles. The first kappa shape index (κ1) is 55.8. The first-order chi connectivity index (χ1) is 32.8. The Morgan fingerprint density at radius 3 is 2.32 bits per heavy atom. The maximum atomic E-state index is 14.1. The number of carbonyl (C=O) groups excluding carboxylic acids is 6. The number of rotatable bonds is 29. The molecule has 9 N–H and O–H groups in total. The van der Waals surface area contributed by atoms with E-state index < -0.39 is 80.3 Å². The Hall–Kier alpha value is -5.78. The Morgan fingerprint density at radius 2 is 1.65 bits per heavy atom. The van der Waals surface area contributed by atoms with Crippen LogP contribution in [-0.4, -0.2) is 139 Å². The number of aliphatic hydroxyl groups excluding tert-OH is 1. The van der Waals surface area contributed by atoms with E-state index in [1.807, 2.05) is 43.7 Å². The van der Waals surface area contributed by atoms with Gasteiger partial charge < -0.3 is 61.1 Å². The molecule has 6 atom stereocenters. The Labute approximate surface area is 405 Å². The van der Waals surface area contributed by atoms with E-state index in [1.165, 1.54) is 34.9 Å². The minimum atomic E-state index is -5.13. The van der Waals surface area contributed by atoms with Crippen molar-refractivity contribution < 1.29 is 57.6 Å². The van der Waals surface area contributed by atoms with Crippen molar-refractivity contribution in [3.05, 3.63) is 65.3 Å². The van der Waals surface area contributed by atoms with Crippen LogP contribution in [0.2, 0.25) is 0 Å². The van der Waals surface area contributed by atoms with Crippen LogP contribution in [0.5, 0.6) is 0 Å². The number of hydrogen-bond donors (Lipinski definition) is 8. The second-order valence-electron chi connectivity index (χ2n) is 17.2. The number of oxime groups is 1. The van der Waals surface area contributed by atoms with Gasteiger partial charge in [0.15, 0.2) is 0 Å². The average Bonchev–Trinajstić information content (AvgIpc) is 4.08. The van der Waals surface area contributed by atoms with Crippen LogP contribution in [0.25, 0.3) is 0 Å². The summed E-state index contributed by atoms with van der Waals surface area (Å²) in [6.07, 6.45) is 8.98. The standard InChI is InChI=1S/C44H66N11O12PS/c1-28(2)20-33(50-44(62)36-16-13-18-55(36)30(4)57)41(59)49-34(42(60)51-35(26-56)43(61)52-39(40(45)58)29(3)67-68(63,64)65)21-32-22-46-27-54(32)17-11-6-7-12-19-66-48-23-37-47-24-38(69-37)53(5)25-31-14-9-8-10-15-31/h8-10,14-15,22-24,27-29,33-36,39,56H,6-7,11-13,16-21,25-26H2,1-5H3,(H2,45,58)(H,49,59)(H,50,62)(H,51,60)(H,52,61)(H2,63,64,65)/b48-23+/t29-,33+,34+,35+,36+,39+/m1/s1. The number of aliphatic hydroxyl groups is 1. The second kappa shape index (κ2) is 27.4. The van der Waals surface area contributed by atoms with Crippen molar-refractivity contribution in [2.45, 2.75) is 128 Å². The smallest absolute Gasteiger partial charge is 0.396 e. The molecule has 2 aromatic heterocycles. The normalized spacial score (nSPS) is 16.1. The number of thiazole rings is 1. The monoisotopic (exact) mass is 1000 g/mol. The summed E-state index contributed by atoms with van der Waals surface area (Å²) < 4.78 is 17.7. The third-order valence-electron chi connectivity index (χ3n) is 11.1. The van der Waals surface area contributed by atoms with E-state index >= 15 is 0 Å². The molecule has 23 nitrogen and oxygen atoms in total. The number of amides is 6. The SMILES string of the molecule is CC(=O)N1CCC[C@H]1C(=O)N[C@@H](CC(C)C)C(=O)N[C@@H](Cc1cncn1CCCCCCO/N=C/c1ncc(N(C)Cc2ccccc2)s1)C(=O)N[C@@H](CO)C(=O)N[C@H](C(N)=O)[C@@H](C)OP(=O)(O)O. The number of hydrogen-bond acceptors (Lipinski definition) is 15. The third-order valence-corrected chi connectivity index (χ3v) is 12.8. The molecule has 3 heterocycles. The molecular weight excluding hydrogens is 938 g/mol. The van der Waals surface area contributed by atoms with Crippen LogP contribution in [0.15, 0.2) is 54.2 Å². The number of nitrogens with zero attached hydrogens (tertiary/aromatic N) is 6. The number of benzene rings is 1. The van der Waals surface area contributed by atoms with Gasteiger partial charge in [0.1, 0.15) is 53.0 Å². The molecule has 0 saturated carbocycles. The molecule has 0 bridgehead atoms. The Bertz CT molecular complexity index is 2240. The molecular formula is C44H66N11O12PS. The number of carbonyl (C=O) groups is 6. The number of likely N-dealkylation sites (tertiary alicyclic amines) is 1. The largest absolute Gasteiger partial charge is 0.469 e. The van der Waals surface area contributed by atoms with Crippen LogP contribution in [-0.2, 0) is 62.2 Å². The van der Waals surface area contributed by atoms with Crippen molar-refractivity contribution in [2.24, 2.45) is 16.8 Å². The van der Waals surface area contributed by atoms with Crippen molar-refractivity contribution in [2.75, 3.05) is 31.7 Å². The highest BCUT2D eigenvalue weighted by Crippen LogP contribution is 2.38. The topological polar surface area (TPSA) is 322 Å². The van der Waals surface area contributed by atoms with E-state index in [2.05, 4.69) is 57.9 Å². The fourth-order valence-electron chi connectivity index (χ4n) is 7.60. The van der Waals surface area contributed by atoms with Gasteiger partial charge in [-0.05, 0) is 56.9 Å². The lowest BCUT2D eigenvalue weighted by Crippen LogP contribution is -2.61. The molecule has 0 spiro atoms. The third kappa shape index (κ3) is 18.6. The van der Waals surface area contributed by atoms with E-state index in [-0.39, 0.29) is 24.7 Å². The number of aryl methyl sites for hydroxylation is 1. The van der Waals surface area contributed by atoms with Crippen molar-refractivity contribution in [3.63, 3.8) is 0 Å². The number of nitrogens with one attached hydrogen (secondary N) is 4. The maximum Gasteiger partial charge on any atom is 0.469 e. The number of unbranched alkanes of at least 4 members (excludes halogenated alkanes) is 3. The fraction of sp³-hybridized carbons (Fsp3) is 0.568. The molecule has 1 fully saturated rings. The summed E-state index contributed by atoms with van der Waals surface area (Å²) in [4.78, 5) is 115. The number of phosphoric ester groups is 1. The first-order valence-electron chi connectivity index (χ1n) is 22.7. The highest BCUT2D eigenvalue weighted by molar-refractivity contribution is 7.46. The summed E-state index contributed by atoms with van der Waals surface area (Å²) in [6.45, 7) is 7.16. The van der Waals surface area contributed by atoms with Crippen LogP contribution < -0.4 is 31.9 Å². The number of nitrogens with two attached hydrogens (primary N) is 1. The zero-order valence-corrected chi connectivity index (χ0v) is 41.3. The number of imidazole rings is 1. The van der Waals surface area contributed by atoms with E-state index in [0.717, 1.165) is 42.7 Å². The Balaban J connectivity index is 1.39. The first-order valence-corrected chi connectivity index (χ1v) is 25.1. The number of phosphoric acid groups is 1. The minimum Gasteiger partial charge on any atom is -0.396 e. The predicted molar refractivity (Wildman–Crippen MR) is 255 cm³/mol. The molecule has 4 rings (SSSR count). The molecule has 1 aliphatic heterocycles. The second-order valence-corrected chi connectivity index (χ2v) is 19.4. The van der Waals surface area contributed by atoms with Crippen LogP contribution in [0.1, 0.15) is 88.9 Å². The lowest BCUT2D eigenvalue weighted by molar-refractivity contribution is -0.139. The number of anilines is 1. The lowest BCUT2D eigenvalue weighted by Gasteiger charge is -2.28. The van der Waals surface area contributed by atoms with E-state index in [9.17, 15) is 48.2 Å². The summed E-state index contributed by atoms with van der Waals surface area (Å²) in [7, 11) is -3.12. The molecule has 0 radical (unpaired) electrons. The van der Waals surface area contributed by atoms with E-state index in [0.29, 0.717) is 44.7 Å². The molecule has 69 heavy (non-hydrogen) atoms. The highest BCUT2D eigenvalue weighted by Gasteiger charge is 2.37. The summed E-state index contributed by atoms with van der Waals surface area (Å²) in [5.74, 6) is -4.96. The van der Waals surface area contributed by atoms with Crippen molar-refractivity contribution in [1.29, 1.82) is 0 Å². The van der Waals surface area contributed by atoms with Crippen LogP contribution in [0.3, 0.4) is 0 Å². The highest BCUT2D eigenvalue weighted by atomic mass is 32.1. The predicted octanol–water partition coefficient (Wildman–Crippen LogP) is 1.10. The molecule has 3 aromatic rings. The minimum absolute atomic E-state index is 0.103. The van der Waals surface area contributed by atoms with Gasteiger partial charge >= 0.3 is 7.82 Å². The van der Waals surface area contributed by atoms with E-state index in [4.69, 9.17) is 10.6 Å². The molecule has 0 aliphatic carbocycles. The van der Waals surface area contributed by atoms with Gasteiger partial charge in [-0.2, -0.15) is 0 Å². The van der Waals surface area contributed by atoms with Gasteiger partial charge in [0, 0.05) is 51.9 Å². The maximum absolute atomic E-state index is 14.1. The van der Waals surface area contributed by atoms with Gasteiger partial charge in [0.05, 0.1) is 25.2 Å². The number of aromatic nitrogens is 3. The summed E-state index contributed by atoms with van der Waals surface area (Å²) in [5, 5.41) is 26.0. The molecule has 25 heteroatoms. The Kier molecular flexibility index (Phi) is 22.2. The molecule has 6 amide bonds. The van der Waals surface area contributed by atoms with Gasteiger partial charge in [-0.3, -0.25) is 33.3 Å². The zero-order valence-electron chi connectivity index (χ0n) is 39.6. The zero-order chi connectivity index (χ0) is 50.7. The fourth-order valence-corrected chi connectivity index (χ4v) is 8.90. The van der Waals surface area contributed by atoms with Crippen LogP contribution in [0.4, 0.5) is 5.00 Å². The Morgan fingerprint density at radius 1 is 0.971 bits per heavy atom. The van der Waals surface area contributed by atoms with Gasteiger partial charge in [-0.1, -0.05) is 67.1 Å². The van der Waals surface area contributed by atoms with Crippen LogP contribution in [0, 0.1) is 5.92 Å².